The lowest BCUT2D eigenvalue weighted by Crippen LogP contribution is -1.90. The van der Waals surface area contributed by atoms with E-state index in [4.69, 9.17) is 5.73 Å². The Morgan fingerprint density at radius 1 is 1.11 bits per heavy atom. The maximum absolute atomic E-state index is 11.0. The highest BCUT2D eigenvalue weighted by molar-refractivity contribution is 7.93. The molecule has 0 fully saturated rings. The first kappa shape index (κ1) is 12.4. The van der Waals surface area contributed by atoms with E-state index in [0.717, 1.165) is 17.4 Å². The number of hydrogen-bond donors (Lipinski definition) is 1. The second kappa shape index (κ2) is 4.66. The molecule has 2 rings (SSSR count). The summed E-state index contributed by atoms with van der Waals surface area (Å²) < 4.78 is 25.6. The van der Waals surface area contributed by atoms with Crippen LogP contribution in [-0.2, 0) is 10.0 Å². The topological polar surface area (TPSA) is 87.2 Å². The van der Waals surface area contributed by atoms with Crippen molar-refractivity contribution >= 4 is 21.4 Å². The largest absolute Gasteiger partial charge is 0.577 e. The van der Waals surface area contributed by atoms with Gasteiger partial charge in [0.15, 0.2) is 0 Å². The third kappa shape index (κ3) is 3.21. The lowest BCUT2D eigenvalue weighted by Gasteiger charge is -2.18. The lowest BCUT2D eigenvalue weighted by atomic mass is 10.1. The van der Waals surface area contributed by atoms with E-state index in [2.05, 4.69) is 9.71 Å². The zero-order valence-corrected chi connectivity index (χ0v) is 10.6. The lowest BCUT2D eigenvalue weighted by molar-refractivity contribution is 0.609. The number of benzene rings is 1. The molecule has 0 aliphatic heterocycles. The molecule has 1 aromatic heterocycles. The van der Waals surface area contributed by atoms with Gasteiger partial charge in [-0.2, -0.15) is 0 Å². The fraction of sp³-hybridized carbons (Fsp3) is 0.0833. The van der Waals surface area contributed by atoms with Gasteiger partial charge < -0.3 is 10.5 Å². The normalized spacial score (nSPS) is 11.2. The van der Waals surface area contributed by atoms with Crippen LogP contribution in [0.1, 0.15) is 0 Å². The average molecular weight is 262 g/mol. The summed E-state index contributed by atoms with van der Waals surface area (Å²) >= 11 is 0. The van der Waals surface area contributed by atoms with Gasteiger partial charge in [-0.05, 0) is 11.6 Å². The molecule has 0 radical (unpaired) electrons. The molecule has 0 aliphatic rings. The first-order valence-electron chi connectivity index (χ1n) is 5.18. The monoisotopic (exact) mass is 262 g/mol. The van der Waals surface area contributed by atoms with E-state index in [1.807, 2.05) is 0 Å². The number of aromatic nitrogens is 1. The van der Waals surface area contributed by atoms with Crippen LogP contribution >= 0.6 is 0 Å². The Balaban J connectivity index is 2.28. The van der Waals surface area contributed by atoms with E-state index in [9.17, 15) is 8.42 Å². The molecule has 6 heteroatoms. The second-order valence-corrected chi connectivity index (χ2v) is 5.53. The Bertz CT molecular complexity index is 651. The van der Waals surface area contributed by atoms with Crippen molar-refractivity contribution < 1.29 is 8.42 Å². The highest BCUT2D eigenvalue weighted by atomic mass is 32.2. The molecule has 5 nitrogen and oxygen atoms in total. The van der Waals surface area contributed by atoms with E-state index >= 15 is 0 Å². The molecule has 0 spiro atoms. The minimum atomic E-state index is -3.37. The minimum Gasteiger partial charge on any atom is -0.577 e. The van der Waals surface area contributed by atoms with E-state index in [-0.39, 0.29) is 0 Å². The van der Waals surface area contributed by atoms with Gasteiger partial charge in [-0.25, -0.2) is 8.42 Å². The molecular formula is C12H12N3O2S-. The molecule has 18 heavy (non-hydrogen) atoms. The molecule has 1 aromatic carbocycles. The Kier molecular flexibility index (Phi) is 3.20. The summed E-state index contributed by atoms with van der Waals surface area (Å²) in [6.45, 7) is 0. The third-order valence-electron chi connectivity index (χ3n) is 2.23. The molecule has 0 saturated carbocycles. The summed E-state index contributed by atoms with van der Waals surface area (Å²) in [6, 6.07) is 8.63. The SMILES string of the molecule is CS(=O)(=O)[N-]c1ccc(-c2cncc(N)c2)cc1. The molecule has 0 saturated heterocycles. The molecular weight excluding hydrogens is 250 g/mol. The van der Waals surface area contributed by atoms with Gasteiger partial charge in [-0.3, -0.25) is 4.98 Å². The summed E-state index contributed by atoms with van der Waals surface area (Å²) in [7, 11) is -3.37. The van der Waals surface area contributed by atoms with Crippen LogP contribution in [0.5, 0.6) is 0 Å². The van der Waals surface area contributed by atoms with E-state index in [0.29, 0.717) is 11.4 Å². The Hall–Kier alpha value is -2.08. The fourth-order valence-corrected chi connectivity index (χ4v) is 2.03. The highest BCUT2D eigenvalue weighted by Gasteiger charge is 1.98. The zero-order chi connectivity index (χ0) is 13.2. The molecule has 2 aromatic rings. The van der Waals surface area contributed by atoms with Gasteiger partial charge in [0, 0.05) is 24.2 Å². The van der Waals surface area contributed by atoms with Gasteiger partial charge in [0.25, 0.3) is 0 Å². The fourth-order valence-electron chi connectivity index (χ4n) is 1.52. The number of hydrogen-bond acceptors (Lipinski definition) is 4. The first-order chi connectivity index (χ1) is 8.44. The van der Waals surface area contributed by atoms with Crippen molar-refractivity contribution in [3.63, 3.8) is 0 Å². The Morgan fingerprint density at radius 2 is 1.78 bits per heavy atom. The van der Waals surface area contributed by atoms with Crippen LogP contribution in [0.15, 0.2) is 42.7 Å². The summed E-state index contributed by atoms with van der Waals surface area (Å²) in [6.07, 6.45) is 4.32. The van der Waals surface area contributed by atoms with Gasteiger partial charge >= 0.3 is 0 Å². The number of anilines is 1. The van der Waals surface area contributed by atoms with E-state index in [1.165, 1.54) is 0 Å². The quantitative estimate of drug-likeness (QED) is 0.919. The first-order valence-corrected chi connectivity index (χ1v) is 7.03. The highest BCUT2D eigenvalue weighted by Crippen LogP contribution is 2.26. The Labute approximate surface area is 106 Å². The third-order valence-corrected chi connectivity index (χ3v) is 2.77. The summed E-state index contributed by atoms with van der Waals surface area (Å²) in [5.41, 5.74) is 8.41. The van der Waals surface area contributed by atoms with Crippen LogP contribution in [0.25, 0.3) is 15.8 Å². The smallest absolute Gasteiger partial charge is 0.0908 e. The van der Waals surface area contributed by atoms with Crippen molar-refractivity contribution in [2.45, 2.75) is 0 Å². The number of pyridine rings is 1. The van der Waals surface area contributed by atoms with Crippen LogP contribution in [0.3, 0.4) is 0 Å². The van der Waals surface area contributed by atoms with Crippen molar-refractivity contribution in [1.82, 2.24) is 4.98 Å². The summed E-state index contributed by atoms with van der Waals surface area (Å²) in [4.78, 5) is 4.00. The minimum absolute atomic E-state index is 0.401. The molecule has 0 bridgehead atoms. The number of rotatable bonds is 3. The summed E-state index contributed by atoms with van der Waals surface area (Å²) in [5.74, 6) is 0. The number of nitrogens with two attached hydrogens (primary N) is 1. The van der Waals surface area contributed by atoms with Crippen molar-refractivity contribution in [3.05, 3.63) is 47.4 Å². The zero-order valence-electron chi connectivity index (χ0n) is 9.74. The van der Waals surface area contributed by atoms with Crippen LogP contribution in [0.4, 0.5) is 11.4 Å². The van der Waals surface area contributed by atoms with Crippen LogP contribution in [-0.4, -0.2) is 19.7 Å². The van der Waals surface area contributed by atoms with Gasteiger partial charge in [0.05, 0.1) is 15.7 Å². The van der Waals surface area contributed by atoms with Gasteiger partial charge in [0.1, 0.15) is 0 Å². The van der Waals surface area contributed by atoms with Crippen molar-refractivity contribution in [3.8, 4) is 11.1 Å². The molecule has 0 atom stereocenters. The van der Waals surface area contributed by atoms with Crippen molar-refractivity contribution in [2.75, 3.05) is 12.0 Å². The second-order valence-electron chi connectivity index (χ2n) is 3.88. The maximum Gasteiger partial charge on any atom is 0.0908 e. The van der Waals surface area contributed by atoms with E-state index in [1.54, 1.807) is 42.7 Å². The van der Waals surface area contributed by atoms with Crippen LogP contribution in [0, 0.1) is 0 Å². The van der Waals surface area contributed by atoms with E-state index < -0.39 is 10.0 Å². The number of nitrogens with zero attached hydrogens (tertiary/aromatic N) is 2. The predicted molar refractivity (Wildman–Crippen MR) is 71.9 cm³/mol. The molecule has 0 aliphatic carbocycles. The molecule has 94 valence electrons. The van der Waals surface area contributed by atoms with Gasteiger partial charge in [-0.1, -0.05) is 24.3 Å². The average Bonchev–Trinajstić information content (AvgIpc) is 2.28. The Morgan fingerprint density at radius 3 is 2.33 bits per heavy atom. The number of nitrogen functional groups attached to an aromatic ring is 1. The van der Waals surface area contributed by atoms with Crippen LogP contribution < -0.4 is 5.73 Å². The molecule has 0 unspecified atom stereocenters. The molecule has 1 heterocycles. The molecule has 2 N–H and O–H groups in total. The van der Waals surface area contributed by atoms with Gasteiger partial charge in [-0.15, -0.1) is 5.69 Å². The maximum atomic E-state index is 11.0. The number of sulfonamides is 1. The molecule has 0 amide bonds. The standard InChI is InChI=1S/C12H12N3O2S/c1-18(16,17)15-12-4-2-9(3-5-12)10-6-11(13)8-14-7-10/h2-8H,13H2,1H3/q-1. The summed E-state index contributed by atoms with van der Waals surface area (Å²) in [5, 5.41) is 0. The van der Waals surface area contributed by atoms with Crippen LogP contribution in [0.2, 0.25) is 0 Å². The van der Waals surface area contributed by atoms with Crippen molar-refractivity contribution in [1.29, 1.82) is 0 Å². The van der Waals surface area contributed by atoms with Gasteiger partial charge in [0.2, 0.25) is 0 Å². The predicted octanol–water partition coefficient (Wildman–Crippen LogP) is 2.30. The van der Waals surface area contributed by atoms with Crippen molar-refractivity contribution in [2.24, 2.45) is 0 Å².